The second kappa shape index (κ2) is 5.53. The van der Waals surface area contributed by atoms with Crippen molar-refractivity contribution in [2.75, 3.05) is 0 Å². The molecule has 0 radical (unpaired) electrons. The molecule has 3 nitrogen and oxygen atoms in total. The van der Waals surface area contributed by atoms with E-state index in [1.54, 1.807) is 11.3 Å². The van der Waals surface area contributed by atoms with Crippen LogP contribution in [0.5, 0.6) is 0 Å². The van der Waals surface area contributed by atoms with Crippen LogP contribution >= 0.6 is 11.3 Å². The first-order valence-corrected chi connectivity index (χ1v) is 8.98. The fraction of sp³-hybridized carbons (Fsp3) is 0.0476. The van der Waals surface area contributed by atoms with Gasteiger partial charge in [0.1, 0.15) is 5.65 Å². The van der Waals surface area contributed by atoms with Gasteiger partial charge < -0.3 is 4.98 Å². The van der Waals surface area contributed by atoms with Gasteiger partial charge in [0.25, 0.3) is 0 Å². The van der Waals surface area contributed by atoms with Crippen molar-refractivity contribution in [3.8, 4) is 21.6 Å². The lowest BCUT2D eigenvalue weighted by atomic mass is 10.0. The maximum atomic E-state index is 4.64. The number of rotatable bonds is 2. The molecule has 25 heavy (non-hydrogen) atoms. The zero-order valence-corrected chi connectivity index (χ0v) is 14.5. The van der Waals surface area contributed by atoms with Gasteiger partial charge in [-0.05, 0) is 41.6 Å². The molecule has 0 spiro atoms. The zero-order valence-electron chi connectivity index (χ0n) is 13.7. The van der Waals surface area contributed by atoms with Crippen molar-refractivity contribution < 1.29 is 0 Å². The Bertz CT molecular complexity index is 1180. The SMILES string of the molecule is Cc1ccccc1-c1cnc2[nH]cc(-c3cc4ccncc4s3)c2c1. The van der Waals surface area contributed by atoms with E-state index in [1.807, 2.05) is 18.6 Å². The van der Waals surface area contributed by atoms with Crippen LogP contribution in [0.1, 0.15) is 5.56 Å². The summed E-state index contributed by atoms with van der Waals surface area (Å²) in [5.41, 5.74) is 5.74. The molecule has 4 heterocycles. The largest absolute Gasteiger partial charge is 0.345 e. The van der Waals surface area contributed by atoms with Crippen LogP contribution in [-0.4, -0.2) is 15.0 Å². The molecular formula is C21H15N3S. The highest BCUT2D eigenvalue weighted by Crippen LogP contribution is 2.37. The summed E-state index contributed by atoms with van der Waals surface area (Å²) in [7, 11) is 0. The summed E-state index contributed by atoms with van der Waals surface area (Å²) in [5, 5.41) is 2.38. The number of nitrogens with one attached hydrogen (secondary N) is 1. The van der Waals surface area contributed by atoms with Crippen LogP contribution in [0.15, 0.2) is 67.3 Å². The third kappa shape index (κ3) is 2.34. The number of aromatic amines is 1. The monoisotopic (exact) mass is 341 g/mol. The van der Waals surface area contributed by atoms with E-state index in [4.69, 9.17) is 0 Å². The van der Waals surface area contributed by atoms with Crippen molar-refractivity contribution in [2.45, 2.75) is 6.92 Å². The molecule has 0 saturated carbocycles. The maximum Gasteiger partial charge on any atom is 0.137 e. The number of hydrogen-bond donors (Lipinski definition) is 1. The number of nitrogens with zero attached hydrogens (tertiary/aromatic N) is 2. The number of aryl methyl sites for hydroxylation is 1. The normalized spacial score (nSPS) is 11.4. The van der Waals surface area contributed by atoms with Gasteiger partial charge >= 0.3 is 0 Å². The van der Waals surface area contributed by atoms with Crippen LogP contribution in [0.25, 0.3) is 42.7 Å². The topological polar surface area (TPSA) is 41.6 Å². The van der Waals surface area contributed by atoms with Gasteiger partial charge in [0.2, 0.25) is 0 Å². The lowest BCUT2D eigenvalue weighted by Gasteiger charge is -2.06. The summed E-state index contributed by atoms with van der Waals surface area (Å²) < 4.78 is 1.20. The molecule has 4 heteroatoms. The van der Waals surface area contributed by atoms with E-state index in [0.29, 0.717) is 0 Å². The van der Waals surface area contributed by atoms with Gasteiger partial charge in [-0.3, -0.25) is 4.98 Å². The van der Waals surface area contributed by atoms with E-state index in [9.17, 15) is 0 Å². The fourth-order valence-electron chi connectivity index (χ4n) is 3.27. The molecule has 4 aromatic heterocycles. The number of hydrogen-bond acceptors (Lipinski definition) is 3. The van der Waals surface area contributed by atoms with E-state index in [2.05, 4.69) is 70.5 Å². The van der Waals surface area contributed by atoms with Crippen LogP contribution in [0.4, 0.5) is 0 Å². The van der Waals surface area contributed by atoms with Gasteiger partial charge in [-0.1, -0.05) is 24.3 Å². The highest BCUT2D eigenvalue weighted by Gasteiger charge is 2.12. The average molecular weight is 341 g/mol. The summed E-state index contributed by atoms with van der Waals surface area (Å²) >= 11 is 1.76. The van der Waals surface area contributed by atoms with Crippen molar-refractivity contribution in [2.24, 2.45) is 0 Å². The van der Waals surface area contributed by atoms with Crippen molar-refractivity contribution in [1.82, 2.24) is 15.0 Å². The lowest BCUT2D eigenvalue weighted by Crippen LogP contribution is -1.85. The Morgan fingerprint density at radius 1 is 1.00 bits per heavy atom. The number of benzene rings is 1. The molecule has 0 aliphatic heterocycles. The summed E-state index contributed by atoms with van der Waals surface area (Å²) in [5.74, 6) is 0. The van der Waals surface area contributed by atoms with Gasteiger partial charge in [-0.2, -0.15) is 0 Å². The molecule has 0 fully saturated rings. The Hall–Kier alpha value is -2.98. The minimum atomic E-state index is 0.919. The Kier molecular flexibility index (Phi) is 3.18. The third-order valence-electron chi connectivity index (χ3n) is 4.58. The van der Waals surface area contributed by atoms with Crippen LogP contribution in [0.3, 0.4) is 0 Å². The Morgan fingerprint density at radius 2 is 1.92 bits per heavy atom. The summed E-state index contributed by atoms with van der Waals surface area (Å²) in [6.45, 7) is 2.14. The van der Waals surface area contributed by atoms with Gasteiger partial charge in [-0.25, -0.2) is 4.98 Å². The van der Waals surface area contributed by atoms with E-state index in [-0.39, 0.29) is 0 Å². The van der Waals surface area contributed by atoms with Gasteiger partial charge in [-0.15, -0.1) is 11.3 Å². The quantitative estimate of drug-likeness (QED) is 0.440. The first-order chi connectivity index (χ1) is 12.3. The average Bonchev–Trinajstić information content (AvgIpc) is 3.25. The molecule has 0 amide bonds. The number of fused-ring (bicyclic) bond motifs is 2. The first-order valence-electron chi connectivity index (χ1n) is 8.17. The number of pyridine rings is 2. The summed E-state index contributed by atoms with van der Waals surface area (Å²) in [6.07, 6.45) is 7.76. The summed E-state index contributed by atoms with van der Waals surface area (Å²) in [4.78, 5) is 13.4. The van der Waals surface area contributed by atoms with E-state index >= 15 is 0 Å². The second-order valence-electron chi connectivity index (χ2n) is 6.16. The third-order valence-corrected chi connectivity index (χ3v) is 5.69. The molecule has 120 valence electrons. The zero-order chi connectivity index (χ0) is 16.8. The number of H-pyrrole nitrogens is 1. The molecule has 0 aliphatic rings. The smallest absolute Gasteiger partial charge is 0.137 e. The van der Waals surface area contributed by atoms with E-state index in [1.165, 1.54) is 31.7 Å². The molecule has 1 N–H and O–H groups in total. The van der Waals surface area contributed by atoms with Gasteiger partial charge in [0.15, 0.2) is 0 Å². The Morgan fingerprint density at radius 3 is 2.80 bits per heavy atom. The minimum Gasteiger partial charge on any atom is -0.345 e. The molecule has 0 atom stereocenters. The molecule has 5 rings (SSSR count). The first kappa shape index (κ1) is 14.4. The van der Waals surface area contributed by atoms with E-state index in [0.717, 1.165) is 16.6 Å². The fourth-order valence-corrected chi connectivity index (χ4v) is 4.33. The van der Waals surface area contributed by atoms with Crippen molar-refractivity contribution in [1.29, 1.82) is 0 Å². The van der Waals surface area contributed by atoms with Gasteiger partial charge in [0.05, 0.1) is 4.70 Å². The highest BCUT2D eigenvalue weighted by atomic mass is 32.1. The predicted molar refractivity (Wildman–Crippen MR) is 105 cm³/mol. The molecular weight excluding hydrogens is 326 g/mol. The molecule has 0 saturated heterocycles. The molecule has 0 bridgehead atoms. The van der Waals surface area contributed by atoms with Crippen LogP contribution in [0.2, 0.25) is 0 Å². The van der Waals surface area contributed by atoms with Crippen molar-refractivity contribution in [3.05, 3.63) is 72.8 Å². The van der Waals surface area contributed by atoms with Crippen LogP contribution in [-0.2, 0) is 0 Å². The van der Waals surface area contributed by atoms with E-state index < -0.39 is 0 Å². The molecule has 5 aromatic rings. The minimum absolute atomic E-state index is 0.919. The second-order valence-corrected chi connectivity index (χ2v) is 7.25. The summed E-state index contributed by atoms with van der Waals surface area (Å²) in [6, 6.07) is 14.9. The molecule has 0 aliphatic carbocycles. The lowest BCUT2D eigenvalue weighted by molar-refractivity contribution is 1.32. The van der Waals surface area contributed by atoms with Crippen molar-refractivity contribution in [3.63, 3.8) is 0 Å². The van der Waals surface area contributed by atoms with Crippen LogP contribution in [0, 0.1) is 6.92 Å². The van der Waals surface area contributed by atoms with Crippen LogP contribution < -0.4 is 0 Å². The Labute approximate surface area is 149 Å². The maximum absolute atomic E-state index is 4.64. The predicted octanol–water partition coefficient (Wildman–Crippen LogP) is 5.82. The standard InChI is InChI=1S/C21H15N3S/c1-13-4-2-3-5-16(13)15-8-17-18(11-24-21(17)23-10-15)19-9-14-6-7-22-12-20(14)25-19/h2-12H,1H3,(H,23,24). The molecule has 0 unspecified atom stereocenters. The Balaban J connectivity index is 1.71. The highest BCUT2D eigenvalue weighted by molar-refractivity contribution is 7.22. The number of aromatic nitrogens is 3. The van der Waals surface area contributed by atoms with Gasteiger partial charge in [0, 0.05) is 46.2 Å². The molecule has 1 aromatic carbocycles. The van der Waals surface area contributed by atoms with Crippen molar-refractivity contribution >= 4 is 32.5 Å². The number of thiophene rings is 1.